The van der Waals surface area contributed by atoms with Crippen molar-refractivity contribution in [2.75, 3.05) is 13.2 Å². The topological polar surface area (TPSA) is 61.8 Å². The summed E-state index contributed by atoms with van der Waals surface area (Å²) in [5, 5.41) is 0. The van der Waals surface area contributed by atoms with Gasteiger partial charge in [0.1, 0.15) is 30.5 Å². The molecule has 5 nitrogen and oxygen atoms in total. The molecule has 0 atom stereocenters. The standard InChI is InChI=1S/C31H27FO5/c1-4-30(33)36-20-19-35-27-15-9-24(10-16-27)7-13-26-14-8-25(21-29(26)32)6-5-23-11-17-28(18-12-23)37-31(34)22(2)3/h4-18,21H,1-2,19-20H2,3H3/b6-5+,13-7+. The lowest BCUT2D eigenvalue weighted by Gasteiger charge is -2.06. The van der Waals surface area contributed by atoms with Gasteiger partial charge in [0.25, 0.3) is 0 Å². The molecule has 3 rings (SSSR count). The van der Waals surface area contributed by atoms with Crippen LogP contribution in [-0.2, 0) is 14.3 Å². The van der Waals surface area contributed by atoms with Gasteiger partial charge in [-0.15, -0.1) is 0 Å². The van der Waals surface area contributed by atoms with Gasteiger partial charge in [0, 0.05) is 17.2 Å². The molecule has 0 fully saturated rings. The Morgan fingerprint density at radius 1 is 0.811 bits per heavy atom. The summed E-state index contributed by atoms with van der Waals surface area (Å²) in [6.45, 7) is 8.84. The van der Waals surface area contributed by atoms with Crippen LogP contribution in [0.1, 0.15) is 29.2 Å². The molecule has 0 bridgehead atoms. The monoisotopic (exact) mass is 498 g/mol. The van der Waals surface area contributed by atoms with Gasteiger partial charge in [0.2, 0.25) is 0 Å². The summed E-state index contributed by atoms with van der Waals surface area (Å²) in [6, 6.07) is 19.3. The van der Waals surface area contributed by atoms with Gasteiger partial charge in [-0.2, -0.15) is 0 Å². The number of hydrogen-bond donors (Lipinski definition) is 0. The molecule has 0 radical (unpaired) electrons. The molecule has 188 valence electrons. The predicted molar refractivity (Wildman–Crippen MR) is 144 cm³/mol. The van der Waals surface area contributed by atoms with Crippen molar-refractivity contribution in [3.63, 3.8) is 0 Å². The van der Waals surface area contributed by atoms with E-state index in [0.29, 0.717) is 28.2 Å². The SMILES string of the molecule is C=CC(=O)OCCOc1ccc(/C=C/c2ccc(/C=C/c3ccc(OC(=O)C(=C)C)cc3)cc2F)cc1. The van der Waals surface area contributed by atoms with E-state index in [-0.39, 0.29) is 19.0 Å². The van der Waals surface area contributed by atoms with E-state index in [0.717, 1.165) is 17.2 Å². The lowest BCUT2D eigenvalue weighted by molar-refractivity contribution is -0.138. The van der Waals surface area contributed by atoms with E-state index in [1.807, 2.05) is 36.4 Å². The minimum atomic E-state index is -0.490. The van der Waals surface area contributed by atoms with Crippen LogP contribution in [0.15, 0.2) is 91.5 Å². The molecule has 0 aliphatic heterocycles. The lowest BCUT2D eigenvalue weighted by Crippen LogP contribution is -2.10. The number of ether oxygens (including phenoxy) is 3. The molecule has 0 aliphatic rings. The highest BCUT2D eigenvalue weighted by molar-refractivity contribution is 5.88. The fourth-order valence-electron chi connectivity index (χ4n) is 3.04. The zero-order chi connectivity index (χ0) is 26.6. The second-order valence-corrected chi connectivity index (χ2v) is 7.98. The summed E-state index contributed by atoms with van der Waals surface area (Å²) in [7, 11) is 0. The first-order valence-corrected chi connectivity index (χ1v) is 11.5. The van der Waals surface area contributed by atoms with Gasteiger partial charge in [-0.1, -0.05) is 73.9 Å². The highest BCUT2D eigenvalue weighted by Crippen LogP contribution is 2.19. The van der Waals surface area contributed by atoms with Crippen molar-refractivity contribution in [1.82, 2.24) is 0 Å². The average molecular weight is 499 g/mol. The summed E-state index contributed by atoms with van der Waals surface area (Å²) in [5.74, 6) is -0.234. The molecular weight excluding hydrogens is 471 g/mol. The third-order valence-corrected chi connectivity index (χ3v) is 5.03. The second-order valence-electron chi connectivity index (χ2n) is 7.98. The largest absolute Gasteiger partial charge is 0.490 e. The summed E-state index contributed by atoms with van der Waals surface area (Å²) in [4.78, 5) is 22.6. The molecule has 3 aromatic carbocycles. The summed E-state index contributed by atoms with van der Waals surface area (Å²) in [6.07, 6.45) is 8.27. The normalized spacial score (nSPS) is 10.9. The quantitative estimate of drug-likeness (QED) is 0.0961. The summed E-state index contributed by atoms with van der Waals surface area (Å²) >= 11 is 0. The van der Waals surface area contributed by atoms with E-state index in [9.17, 15) is 14.0 Å². The Kier molecular flexibility index (Phi) is 9.74. The van der Waals surface area contributed by atoms with Crippen LogP contribution >= 0.6 is 0 Å². The smallest absolute Gasteiger partial charge is 0.338 e. The maximum atomic E-state index is 14.6. The van der Waals surface area contributed by atoms with E-state index < -0.39 is 11.9 Å². The van der Waals surface area contributed by atoms with E-state index >= 15 is 0 Å². The zero-order valence-electron chi connectivity index (χ0n) is 20.5. The van der Waals surface area contributed by atoms with Crippen LogP contribution in [0.2, 0.25) is 0 Å². The molecule has 37 heavy (non-hydrogen) atoms. The van der Waals surface area contributed by atoms with Gasteiger partial charge in [-0.25, -0.2) is 14.0 Å². The van der Waals surface area contributed by atoms with Crippen LogP contribution in [0.3, 0.4) is 0 Å². The summed E-state index contributed by atoms with van der Waals surface area (Å²) in [5.41, 5.74) is 3.27. The van der Waals surface area contributed by atoms with Gasteiger partial charge >= 0.3 is 11.9 Å². The van der Waals surface area contributed by atoms with Crippen molar-refractivity contribution in [2.24, 2.45) is 0 Å². The number of rotatable bonds is 11. The molecule has 0 aromatic heterocycles. The third-order valence-electron chi connectivity index (χ3n) is 5.03. The average Bonchev–Trinajstić information content (AvgIpc) is 2.90. The Balaban J connectivity index is 1.54. The number of carbonyl (C=O) groups excluding carboxylic acids is 2. The predicted octanol–water partition coefficient (Wildman–Crippen LogP) is 6.76. The minimum absolute atomic E-state index is 0.135. The van der Waals surface area contributed by atoms with E-state index in [4.69, 9.17) is 14.2 Å². The Hall–Kier alpha value is -4.71. The van der Waals surface area contributed by atoms with Gasteiger partial charge < -0.3 is 14.2 Å². The summed E-state index contributed by atoms with van der Waals surface area (Å²) < 4.78 is 30.2. The van der Waals surface area contributed by atoms with Crippen LogP contribution < -0.4 is 9.47 Å². The molecule has 3 aromatic rings. The molecule has 0 heterocycles. The zero-order valence-corrected chi connectivity index (χ0v) is 20.5. The van der Waals surface area contributed by atoms with Crippen molar-refractivity contribution in [3.8, 4) is 11.5 Å². The second kappa shape index (κ2) is 13.4. The van der Waals surface area contributed by atoms with Crippen LogP contribution in [-0.4, -0.2) is 25.2 Å². The number of hydrogen-bond acceptors (Lipinski definition) is 5. The van der Waals surface area contributed by atoms with Crippen LogP contribution in [0.5, 0.6) is 11.5 Å². The molecule has 0 N–H and O–H groups in total. The maximum Gasteiger partial charge on any atom is 0.338 e. The first kappa shape index (κ1) is 26.9. The van der Waals surface area contributed by atoms with Crippen LogP contribution in [0.4, 0.5) is 4.39 Å². The number of carbonyl (C=O) groups is 2. The van der Waals surface area contributed by atoms with Gasteiger partial charge in [0.15, 0.2) is 0 Å². The highest BCUT2D eigenvalue weighted by Gasteiger charge is 2.05. The van der Waals surface area contributed by atoms with Gasteiger partial charge in [-0.3, -0.25) is 0 Å². The molecule has 0 unspecified atom stereocenters. The Morgan fingerprint density at radius 3 is 1.97 bits per heavy atom. The minimum Gasteiger partial charge on any atom is -0.490 e. The first-order valence-electron chi connectivity index (χ1n) is 11.5. The van der Waals surface area contributed by atoms with E-state index in [2.05, 4.69) is 13.2 Å². The van der Waals surface area contributed by atoms with E-state index in [1.165, 1.54) is 6.07 Å². The molecule has 0 amide bonds. The fraction of sp³-hybridized carbons (Fsp3) is 0.0968. The molecule has 0 aliphatic carbocycles. The van der Waals surface area contributed by atoms with Crippen molar-refractivity contribution in [1.29, 1.82) is 0 Å². The lowest BCUT2D eigenvalue weighted by atomic mass is 10.1. The molecule has 0 saturated heterocycles. The first-order chi connectivity index (χ1) is 17.8. The van der Waals surface area contributed by atoms with Crippen LogP contribution in [0.25, 0.3) is 24.3 Å². The van der Waals surface area contributed by atoms with Crippen molar-refractivity contribution < 1.29 is 28.2 Å². The molecular formula is C31H27FO5. The molecule has 6 heteroatoms. The highest BCUT2D eigenvalue weighted by atomic mass is 19.1. The third kappa shape index (κ3) is 8.78. The Labute approximate surface area is 215 Å². The van der Waals surface area contributed by atoms with Crippen LogP contribution in [0, 0.1) is 5.82 Å². The van der Waals surface area contributed by atoms with E-state index in [1.54, 1.807) is 55.5 Å². The Morgan fingerprint density at radius 2 is 1.38 bits per heavy atom. The number of esters is 2. The van der Waals surface area contributed by atoms with Crippen molar-refractivity contribution >= 4 is 36.2 Å². The molecule has 0 saturated carbocycles. The van der Waals surface area contributed by atoms with Gasteiger partial charge in [-0.05, 0) is 53.9 Å². The van der Waals surface area contributed by atoms with Crippen molar-refractivity contribution in [3.05, 3.63) is 120 Å². The number of benzene rings is 3. The van der Waals surface area contributed by atoms with Gasteiger partial charge in [0.05, 0.1) is 0 Å². The van der Waals surface area contributed by atoms with Crippen molar-refractivity contribution in [2.45, 2.75) is 6.92 Å². The maximum absolute atomic E-state index is 14.6. The Bertz CT molecular complexity index is 1320. The molecule has 0 spiro atoms. The number of halogens is 1. The fourth-order valence-corrected chi connectivity index (χ4v) is 3.04.